The van der Waals surface area contributed by atoms with Crippen molar-refractivity contribution in [1.82, 2.24) is 5.16 Å². The average Bonchev–Trinajstić information content (AvgIpc) is 2.75. The van der Waals surface area contributed by atoms with E-state index in [4.69, 9.17) is 20.9 Å². The SMILES string of the molecule is COc1ccc(Cl)c2c1Nc1cnoc1C2. The highest BCUT2D eigenvalue weighted by molar-refractivity contribution is 6.32. The van der Waals surface area contributed by atoms with Crippen LogP contribution >= 0.6 is 11.6 Å². The van der Waals surface area contributed by atoms with E-state index in [1.54, 1.807) is 13.3 Å². The van der Waals surface area contributed by atoms with Crippen molar-refractivity contribution in [2.24, 2.45) is 0 Å². The molecule has 3 rings (SSSR count). The van der Waals surface area contributed by atoms with Gasteiger partial charge in [-0.3, -0.25) is 0 Å². The molecule has 0 radical (unpaired) electrons. The lowest BCUT2D eigenvalue weighted by molar-refractivity contribution is 0.388. The molecule has 16 heavy (non-hydrogen) atoms. The van der Waals surface area contributed by atoms with Gasteiger partial charge in [0, 0.05) is 17.0 Å². The minimum Gasteiger partial charge on any atom is -0.495 e. The van der Waals surface area contributed by atoms with E-state index < -0.39 is 0 Å². The van der Waals surface area contributed by atoms with Crippen molar-refractivity contribution < 1.29 is 9.26 Å². The summed E-state index contributed by atoms with van der Waals surface area (Å²) in [5, 5.41) is 7.67. The van der Waals surface area contributed by atoms with Crippen LogP contribution in [0.15, 0.2) is 22.9 Å². The topological polar surface area (TPSA) is 47.3 Å². The fraction of sp³-hybridized carbons (Fsp3) is 0.182. The number of nitrogens with one attached hydrogen (secondary N) is 1. The summed E-state index contributed by atoms with van der Waals surface area (Å²) >= 11 is 6.15. The molecule has 1 aliphatic heterocycles. The monoisotopic (exact) mass is 236 g/mol. The van der Waals surface area contributed by atoms with Gasteiger partial charge in [-0.15, -0.1) is 0 Å². The van der Waals surface area contributed by atoms with Crippen LogP contribution in [0.3, 0.4) is 0 Å². The van der Waals surface area contributed by atoms with Crippen LogP contribution in [0.4, 0.5) is 11.4 Å². The molecule has 2 aromatic rings. The number of hydrogen-bond acceptors (Lipinski definition) is 4. The predicted molar refractivity (Wildman–Crippen MR) is 60.6 cm³/mol. The maximum absolute atomic E-state index is 6.15. The van der Waals surface area contributed by atoms with Crippen LogP contribution in [-0.2, 0) is 6.42 Å². The van der Waals surface area contributed by atoms with Gasteiger partial charge in [-0.25, -0.2) is 0 Å². The molecule has 1 aromatic heterocycles. The summed E-state index contributed by atoms with van der Waals surface area (Å²) in [5.41, 5.74) is 2.74. The molecule has 0 amide bonds. The highest BCUT2D eigenvalue weighted by Gasteiger charge is 2.23. The average molecular weight is 237 g/mol. The summed E-state index contributed by atoms with van der Waals surface area (Å²) < 4.78 is 10.4. The van der Waals surface area contributed by atoms with Crippen molar-refractivity contribution >= 4 is 23.0 Å². The Labute approximate surface area is 97.1 Å². The van der Waals surface area contributed by atoms with E-state index in [1.165, 1.54) is 0 Å². The van der Waals surface area contributed by atoms with Gasteiger partial charge in [0.15, 0.2) is 5.76 Å². The van der Waals surface area contributed by atoms with Crippen molar-refractivity contribution in [2.75, 3.05) is 12.4 Å². The molecule has 0 atom stereocenters. The summed E-state index contributed by atoms with van der Waals surface area (Å²) in [6.45, 7) is 0. The van der Waals surface area contributed by atoms with Gasteiger partial charge >= 0.3 is 0 Å². The summed E-state index contributed by atoms with van der Waals surface area (Å²) in [6, 6.07) is 3.66. The molecule has 82 valence electrons. The minimum atomic E-state index is 0.633. The van der Waals surface area contributed by atoms with Crippen LogP contribution in [0.5, 0.6) is 5.75 Å². The Morgan fingerprint density at radius 2 is 2.38 bits per heavy atom. The van der Waals surface area contributed by atoms with Crippen LogP contribution in [0.25, 0.3) is 0 Å². The van der Waals surface area contributed by atoms with Gasteiger partial charge in [0.25, 0.3) is 0 Å². The Morgan fingerprint density at radius 1 is 1.50 bits per heavy atom. The molecule has 1 aromatic carbocycles. The Kier molecular flexibility index (Phi) is 2.04. The zero-order valence-electron chi connectivity index (χ0n) is 8.58. The molecule has 0 saturated heterocycles. The number of ether oxygens (including phenoxy) is 1. The summed E-state index contributed by atoms with van der Waals surface area (Å²) in [5.74, 6) is 1.56. The third-order valence-corrected chi connectivity index (χ3v) is 3.03. The normalized spacial score (nSPS) is 12.6. The first-order chi connectivity index (χ1) is 7.79. The summed E-state index contributed by atoms with van der Waals surface area (Å²) in [4.78, 5) is 0. The van der Waals surface area contributed by atoms with Crippen LogP contribution in [-0.4, -0.2) is 12.3 Å². The van der Waals surface area contributed by atoms with Crippen molar-refractivity contribution in [3.63, 3.8) is 0 Å². The zero-order chi connectivity index (χ0) is 11.1. The first kappa shape index (κ1) is 9.54. The molecule has 0 spiro atoms. The molecule has 5 heteroatoms. The molecule has 0 bridgehead atoms. The van der Waals surface area contributed by atoms with Gasteiger partial charge in [0.05, 0.1) is 19.0 Å². The van der Waals surface area contributed by atoms with E-state index >= 15 is 0 Å². The molecule has 1 N–H and O–H groups in total. The maximum Gasteiger partial charge on any atom is 0.164 e. The Hall–Kier alpha value is -1.68. The molecule has 0 fully saturated rings. The van der Waals surface area contributed by atoms with Gasteiger partial charge in [0.2, 0.25) is 0 Å². The quantitative estimate of drug-likeness (QED) is 0.706. The third kappa shape index (κ3) is 1.27. The number of anilines is 2. The Bertz CT molecular complexity index is 551. The second-order valence-corrected chi connectivity index (χ2v) is 3.97. The molecule has 0 saturated carbocycles. The first-order valence-corrected chi connectivity index (χ1v) is 5.23. The highest BCUT2D eigenvalue weighted by atomic mass is 35.5. The third-order valence-electron chi connectivity index (χ3n) is 2.68. The van der Waals surface area contributed by atoms with Crippen LogP contribution in [0.1, 0.15) is 11.3 Å². The fourth-order valence-corrected chi connectivity index (χ4v) is 2.09. The van der Waals surface area contributed by atoms with Gasteiger partial charge in [-0.1, -0.05) is 16.8 Å². The highest BCUT2D eigenvalue weighted by Crippen LogP contribution is 2.41. The predicted octanol–water partition coefficient (Wildman–Crippen LogP) is 2.98. The fourth-order valence-electron chi connectivity index (χ4n) is 1.87. The molecule has 2 heterocycles. The van der Waals surface area contributed by atoms with Crippen LogP contribution in [0.2, 0.25) is 5.02 Å². The molecule has 4 nitrogen and oxygen atoms in total. The second-order valence-electron chi connectivity index (χ2n) is 3.57. The zero-order valence-corrected chi connectivity index (χ0v) is 9.34. The van der Waals surface area contributed by atoms with Crippen LogP contribution in [0, 0.1) is 0 Å². The molecule has 1 aliphatic rings. The van der Waals surface area contributed by atoms with Crippen molar-refractivity contribution in [1.29, 1.82) is 0 Å². The Morgan fingerprint density at radius 3 is 3.19 bits per heavy atom. The molecular formula is C11H9ClN2O2. The van der Waals surface area contributed by atoms with Gasteiger partial charge in [0.1, 0.15) is 11.4 Å². The number of nitrogens with zero attached hydrogens (tertiary/aromatic N) is 1. The lowest BCUT2D eigenvalue weighted by Crippen LogP contribution is -2.06. The number of rotatable bonds is 1. The van der Waals surface area contributed by atoms with E-state index in [1.807, 2.05) is 12.1 Å². The van der Waals surface area contributed by atoms with Gasteiger partial charge in [-0.05, 0) is 12.1 Å². The van der Waals surface area contributed by atoms with Crippen molar-refractivity contribution in [2.45, 2.75) is 6.42 Å². The second kappa shape index (κ2) is 3.42. The number of halogens is 1. The number of fused-ring (bicyclic) bond motifs is 2. The number of hydrogen-bond donors (Lipinski definition) is 1. The van der Waals surface area contributed by atoms with E-state index in [9.17, 15) is 0 Å². The largest absolute Gasteiger partial charge is 0.495 e. The van der Waals surface area contributed by atoms with E-state index in [0.717, 1.165) is 28.4 Å². The van der Waals surface area contributed by atoms with E-state index in [-0.39, 0.29) is 0 Å². The van der Waals surface area contributed by atoms with Gasteiger partial charge in [-0.2, -0.15) is 0 Å². The number of aromatic nitrogens is 1. The molecule has 0 unspecified atom stereocenters. The smallest absolute Gasteiger partial charge is 0.164 e. The number of benzene rings is 1. The van der Waals surface area contributed by atoms with Crippen molar-refractivity contribution in [3.05, 3.63) is 34.7 Å². The lowest BCUT2D eigenvalue weighted by Gasteiger charge is -2.20. The van der Waals surface area contributed by atoms with E-state index in [2.05, 4.69) is 10.5 Å². The Balaban J connectivity index is 2.17. The first-order valence-electron chi connectivity index (χ1n) is 4.85. The molecular weight excluding hydrogens is 228 g/mol. The summed E-state index contributed by atoms with van der Waals surface area (Å²) in [7, 11) is 1.63. The molecule has 0 aliphatic carbocycles. The van der Waals surface area contributed by atoms with Crippen molar-refractivity contribution in [3.8, 4) is 5.75 Å². The minimum absolute atomic E-state index is 0.633. The summed E-state index contributed by atoms with van der Waals surface area (Å²) in [6.07, 6.45) is 2.28. The van der Waals surface area contributed by atoms with E-state index in [0.29, 0.717) is 11.4 Å². The lowest BCUT2D eigenvalue weighted by atomic mass is 10.0. The van der Waals surface area contributed by atoms with Gasteiger partial charge < -0.3 is 14.6 Å². The standard InChI is InChI=1S/C11H9ClN2O2/c1-15-9-3-2-7(12)6-4-10-8(5-13-16-10)14-11(6)9/h2-3,5,14H,4H2,1H3. The van der Waals surface area contributed by atoms with Crippen LogP contribution < -0.4 is 10.1 Å². The number of methoxy groups -OCH3 is 1. The maximum atomic E-state index is 6.15.